The Balaban J connectivity index is 2.04. The summed E-state index contributed by atoms with van der Waals surface area (Å²) < 4.78 is 1.73. The third-order valence-corrected chi connectivity index (χ3v) is 4.19. The van der Waals surface area contributed by atoms with Gasteiger partial charge in [-0.25, -0.2) is 4.98 Å². The molecular weight excluding hydrogens is 266 g/mol. The zero-order valence-corrected chi connectivity index (χ0v) is 12.5. The van der Waals surface area contributed by atoms with Crippen molar-refractivity contribution < 1.29 is 4.79 Å². The van der Waals surface area contributed by atoms with Gasteiger partial charge in [0.05, 0.1) is 22.8 Å². The van der Waals surface area contributed by atoms with Crippen LogP contribution in [0.5, 0.6) is 0 Å². The molecule has 0 radical (unpaired) electrons. The minimum atomic E-state index is -0.119. The Morgan fingerprint density at radius 2 is 2.05 bits per heavy atom. The molecule has 1 amide bonds. The first-order valence-corrected chi connectivity index (χ1v) is 7.50. The van der Waals surface area contributed by atoms with E-state index in [0.717, 1.165) is 29.6 Å². The topological polar surface area (TPSA) is 71.8 Å². The lowest BCUT2D eigenvalue weighted by molar-refractivity contribution is 0.0963. The van der Waals surface area contributed by atoms with Crippen molar-refractivity contribution in [2.45, 2.75) is 38.1 Å². The maximum absolute atomic E-state index is 12.1. The van der Waals surface area contributed by atoms with Gasteiger partial charge < -0.3 is 10.6 Å². The number of hydrogen-bond donors (Lipinski definition) is 2. The number of carbonyl (C=O) groups excluding carboxylic acids is 1. The second-order valence-electron chi connectivity index (χ2n) is 5.61. The second kappa shape index (κ2) is 5.71. The van der Waals surface area contributed by atoms with Gasteiger partial charge in [-0.3, -0.25) is 9.48 Å². The van der Waals surface area contributed by atoms with Crippen LogP contribution in [0.2, 0.25) is 0 Å². The van der Waals surface area contributed by atoms with Crippen LogP contribution in [0.4, 0.5) is 5.69 Å². The lowest BCUT2D eigenvalue weighted by Gasteiger charge is -2.25. The highest BCUT2D eigenvalue weighted by atomic mass is 16.1. The van der Waals surface area contributed by atoms with Gasteiger partial charge in [-0.15, -0.1) is 0 Å². The van der Waals surface area contributed by atoms with Gasteiger partial charge in [0.25, 0.3) is 5.91 Å². The van der Waals surface area contributed by atoms with Gasteiger partial charge in [0.15, 0.2) is 5.65 Å². The molecule has 2 N–H and O–H groups in total. The highest BCUT2D eigenvalue weighted by Gasteiger charge is 2.20. The first-order valence-electron chi connectivity index (χ1n) is 7.50. The Labute approximate surface area is 123 Å². The summed E-state index contributed by atoms with van der Waals surface area (Å²) in [7, 11) is 3.50. The van der Waals surface area contributed by atoms with Gasteiger partial charge in [0.1, 0.15) is 0 Å². The highest BCUT2D eigenvalue weighted by molar-refractivity contribution is 6.06. The quantitative estimate of drug-likeness (QED) is 0.906. The molecule has 0 aromatic carbocycles. The normalized spacial score (nSPS) is 16.1. The van der Waals surface area contributed by atoms with Gasteiger partial charge in [-0.2, -0.15) is 5.10 Å². The lowest BCUT2D eigenvalue weighted by atomic mass is 9.95. The second-order valence-corrected chi connectivity index (χ2v) is 5.61. The molecule has 2 aromatic heterocycles. The fraction of sp³-hybridized carbons (Fsp3) is 0.533. The van der Waals surface area contributed by atoms with Crippen LogP contribution >= 0.6 is 0 Å². The zero-order valence-electron chi connectivity index (χ0n) is 12.5. The van der Waals surface area contributed by atoms with Crippen molar-refractivity contribution >= 4 is 22.6 Å². The van der Waals surface area contributed by atoms with E-state index in [1.54, 1.807) is 24.1 Å². The molecular formula is C15H21N5O. The van der Waals surface area contributed by atoms with E-state index >= 15 is 0 Å². The Hall–Kier alpha value is -2.11. The maximum atomic E-state index is 12.1. The molecule has 0 atom stereocenters. The third kappa shape index (κ3) is 2.57. The molecule has 0 saturated heterocycles. The number of hydrogen-bond acceptors (Lipinski definition) is 4. The van der Waals surface area contributed by atoms with Crippen molar-refractivity contribution in [3.05, 3.63) is 18.0 Å². The van der Waals surface area contributed by atoms with Crippen LogP contribution in [0, 0.1) is 0 Å². The van der Waals surface area contributed by atoms with Crippen LogP contribution < -0.4 is 10.6 Å². The molecule has 0 bridgehead atoms. The van der Waals surface area contributed by atoms with E-state index in [4.69, 9.17) is 0 Å². The van der Waals surface area contributed by atoms with Crippen molar-refractivity contribution in [3.63, 3.8) is 0 Å². The van der Waals surface area contributed by atoms with Gasteiger partial charge in [0, 0.05) is 26.3 Å². The Morgan fingerprint density at radius 3 is 2.76 bits per heavy atom. The number of anilines is 1. The van der Waals surface area contributed by atoms with E-state index in [1.165, 1.54) is 19.3 Å². The number of aryl methyl sites for hydroxylation is 1. The fourth-order valence-electron chi connectivity index (χ4n) is 3.01. The highest BCUT2D eigenvalue weighted by Crippen LogP contribution is 2.29. The molecule has 1 saturated carbocycles. The predicted molar refractivity (Wildman–Crippen MR) is 82.4 cm³/mol. The molecule has 6 heteroatoms. The number of rotatable bonds is 3. The summed E-state index contributed by atoms with van der Waals surface area (Å²) in [6, 6.07) is 0.424. The van der Waals surface area contributed by atoms with Gasteiger partial charge in [-0.1, -0.05) is 19.3 Å². The number of aromatic nitrogens is 3. The number of fused-ring (bicyclic) bond motifs is 1. The maximum Gasteiger partial charge on any atom is 0.254 e. The van der Waals surface area contributed by atoms with Crippen molar-refractivity contribution in [1.82, 2.24) is 20.1 Å². The largest absolute Gasteiger partial charge is 0.381 e. The van der Waals surface area contributed by atoms with Gasteiger partial charge in [-0.05, 0) is 12.8 Å². The molecule has 0 aliphatic heterocycles. The van der Waals surface area contributed by atoms with Crippen LogP contribution in [0.1, 0.15) is 42.5 Å². The van der Waals surface area contributed by atoms with Crippen molar-refractivity contribution in [3.8, 4) is 0 Å². The minimum absolute atomic E-state index is 0.119. The fourth-order valence-corrected chi connectivity index (χ4v) is 3.01. The number of pyridine rings is 1. The summed E-state index contributed by atoms with van der Waals surface area (Å²) in [6.45, 7) is 0. The summed E-state index contributed by atoms with van der Waals surface area (Å²) in [5.74, 6) is -0.119. The zero-order chi connectivity index (χ0) is 14.8. The van der Waals surface area contributed by atoms with Gasteiger partial charge >= 0.3 is 0 Å². The molecule has 0 spiro atoms. The summed E-state index contributed by atoms with van der Waals surface area (Å²) in [6.07, 6.45) is 9.50. The van der Waals surface area contributed by atoms with E-state index in [0.29, 0.717) is 11.6 Å². The molecule has 2 aromatic rings. The molecule has 21 heavy (non-hydrogen) atoms. The molecule has 6 nitrogen and oxygen atoms in total. The van der Waals surface area contributed by atoms with E-state index < -0.39 is 0 Å². The Morgan fingerprint density at radius 1 is 1.29 bits per heavy atom. The van der Waals surface area contributed by atoms with Gasteiger partial charge in [0.2, 0.25) is 0 Å². The monoisotopic (exact) mass is 287 g/mol. The first-order chi connectivity index (χ1) is 10.2. The number of amides is 1. The van der Waals surface area contributed by atoms with E-state index in [-0.39, 0.29) is 5.91 Å². The lowest BCUT2D eigenvalue weighted by Crippen LogP contribution is -2.26. The van der Waals surface area contributed by atoms with Crippen LogP contribution in [-0.4, -0.2) is 33.8 Å². The summed E-state index contributed by atoms with van der Waals surface area (Å²) in [5.41, 5.74) is 2.24. The average molecular weight is 287 g/mol. The molecule has 112 valence electrons. The van der Waals surface area contributed by atoms with Crippen LogP contribution in [0.3, 0.4) is 0 Å². The summed E-state index contributed by atoms with van der Waals surface area (Å²) in [4.78, 5) is 16.5. The van der Waals surface area contributed by atoms with Crippen LogP contribution in [0.25, 0.3) is 11.0 Å². The molecule has 1 fully saturated rings. The van der Waals surface area contributed by atoms with Crippen LogP contribution in [0.15, 0.2) is 12.4 Å². The Bertz CT molecular complexity index is 657. The standard InChI is InChI=1S/C15H21N5O/c1-16-15(21)12-8-17-14-11(9-18-20(14)2)13(12)19-10-6-4-3-5-7-10/h8-10H,3-7H2,1-2H3,(H,16,21)(H,17,19). The third-order valence-electron chi connectivity index (χ3n) is 4.19. The van der Waals surface area contributed by atoms with E-state index in [9.17, 15) is 4.79 Å². The van der Waals surface area contributed by atoms with Crippen LogP contribution in [-0.2, 0) is 7.05 Å². The van der Waals surface area contributed by atoms with Crippen molar-refractivity contribution in [1.29, 1.82) is 0 Å². The first kappa shape index (κ1) is 13.9. The number of nitrogens with zero attached hydrogens (tertiary/aromatic N) is 3. The average Bonchev–Trinajstić information content (AvgIpc) is 2.90. The molecule has 2 heterocycles. The predicted octanol–water partition coefficient (Wildman–Crippen LogP) is 2.07. The molecule has 1 aliphatic carbocycles. The number of nitrogens with one attached hydrogen (secondary N) is 2. The van der Waals surface area contributed by atoms with E-state index in [1.807, 2.05) is 7.05 Å². The SMILES string of the molecule is CNC(=O)c1cnc2c(cnn2C)c1NC1CCCCC1. The molecule has 3 rings (SSSR count). The molecule has 1 aliphatic rings. The van der Waals surface area contributed by atoms with Crippen molar-refractivity contribution in [2.75, 3.05) is 12.4 Å². The molecule has 0 unspecified atom stereocenters. The van der Waals surface area contributed by atoms with E-state index in [2.05, 4.69) is 20.7 Å². The summed E-state index contributed by atoms with van der Waals surface area (Å²) in [5, 5.41) is 11.4. The Kier molecular flexibility index (Phi) is 3.77. The smallest absolute Gasteiger partial charge is 0.254 e. The minimum Gasteiger partial charge on any atom is -0.381 e. The number of carbonyl (C=O) groups is 1. The van der Waals surface area contributed by atoms with Crippen molar-refractivity contribution in [2.24, 2.45) is 7.05 Å². The summed E-state index contributed by atoms with van der Waals surface area (Å²) >= 11 is 0.